The van der Waals surface area contributed by atoms with E-state index in [2.05, 4.69) is 88.5 Å². The molecule has 0 aliphatic heterocycles. The van der Waals surface area contributed by atoms with Crippen molar-refractivity contribution in [3.8, 4) is 0 Å². The highest BCUT2D eigenvalue weighted by Crippen LogP contribution is 2.45. The lowest BCUT2D eigenvalue weighted by Crippen LogP contribution is -2.30. The van der Waals surface area contributed by atoms with Crippen LogP contribution in [0.1, 0.15) is 374 Å². The number of esters is 4. The molecule has 0 rings (SSSR count). The number of rotatable bonds is 78. The zero-order valence-corrected chi connectivity index (χ0v) is 66.8. The molecule has 19 heteroatoms. The molecule has 594 valence electrons. The van der Waals surface area contributed by atoms with Gasteiger partial charge in [0, 0.05) is 25.7 Å². The van der Waals surface area contributed by atoms with Crippen LogP contribution in [0.5, 0.6) is 0 Å². The minimum Gasteiger partial charge on any atom is -0.462 e. The molecular formula is C83H150O17P2. The van der Waals surface area contributed by atoms with Gasteiger partial charge in [0.1, 0.15) is 19.3 Å². The largest absolute Gasteiger partial charge is 0.472 e. The van der Waals surface area contributed by atoms with Crippen molar-refractivity contribution in [3.05, 3.63) is 72.9 Å². The molecule has 0 saturated carbocycles. The Morgan fingerprint density at radius 2 is 0.490 bits per heavy atom. The van der Waals surface area contributed by atoms with Gasteiger partial charge in [-0.15, -0.1) is 0 Å². The van der Waals surface area contributed by atoms with Crippen LogP contribution in [0, 0.1) is 0 Å². The predicted octanol–water partition coefficient (Wildman–Crippen LogP) is 24.0. The molecule has 0 fully saturated rings. The first kappa shape index (κ1) is 98.5. The Kier molecular flexibility index (Phi) is 73.1. The molecule has 0 bridgehead atoms. The Morgan fingerprint density at radius 1 is 0.275 bits per heavy atom. The van der Waals surface area contributed by atoms with Crippen molar-refractivity contribution < 1.29 is 80.2 Å². The normalized spacial score (nSPS) is 14.2. The zero-order chi connectivity index (χ0) is 74.6. The summed E-state index contributed by atoms with van der Waals surface area (Å²) in [5.41, 5.74) is 0. The van der Waals surface area contributed by atoms with Crippen molar-refractivity contribution in [1.82, 2.24) is 0 Å². The monoisotopic (exact) mass is 1480 g/mol. The number of phosphoric ester groups is 2. The molecule has 17 nitrogen and oxygen atoms in total. The van der Waals surface area contributed by atoms with E-state index in [9.17, 15) is 43.2 Å². The number of phosphoric acid groups is 2. The van der Waals surface area contributed by atoms with Crippen molar-refractivity contribution in [3.63, 3.8) is 0 Å². The zero-order valence-electron chi connectivity index (χ0n) is 65.0. The molecule has 102 heavy (non-hydrogen) atoms. The molecule has 0 aromatic heterocycles. The summed E-state index contributed by atoms with van der Waals surface area (Å²) in [4.78, 5) is 73.0. The smallest absolute Gasteiger partial charge is 0.462 e. The van der Waals surface area contributed by atoms with Crippen molar-refractivity contribution in [1.29, 1.82) is 0 Å². The maximum Gasteiger partial charge on any atom is 0.472 e. The fourth-order valence-corrected chi connectivity index (χ4v) is 12.9. The summed E-state index contributed by atoms with van der Waals surface area (Å²) in [6.07, 6.45) is 77.3. The molecule has 0 spiro atoms. The van der Waals surface area contributed by atoms with Crippen LogP contribution in [-0.4, -0.2) is 96.7 Å². The molecule has 0 aromatic rings. The molecular weight excluding hydrogens is 1330 g/mol. The van der Waals surface area contributed by atoms with Crippen LogP contribution in [-0.2, 0) is 65.4 Å². The number of unbranched alkanes of at least 4 members (excludes halogenated alkanes) is 40. The highest BCUT2D eigenvalue weighted by Gasteiger charge is 2.30. The quantitative estimate of drug-likeness (QED) is 0.0169. The highest BCUT2D eigenvalue weighted by molar-refractivity contribution is 7.47. The van der Waals surface area contributed by atoms with Crippen LogP contribution in [0.25, 0.3) is 0 Å². The summed E-state index contributed by atoms with van der Waals surface area (Å²) in [7, 11) is -9.96. The van der Waals surface area contributed by atoms with Crippen molar-refractivity contribution in [2.75, 3.05) is 39.6 Å². The predicted molar refractivity (Wildman–Crippen MR) is 418 cm³/mol. The second-order valence-electron chi connectivity index (χ2n) is 27.7. The number of carbonyl (C=O) groups is 4. The van der Waals surface area contributed by atoms with Crippen molar-refractivity contribution in [2.24, 2.45) is 0 Å². The summed E-state index contributed by atoms with van der Waals surface area (Å²) in [5, 5.41) is 10.6. The Hall–Kier alpha value is -3.50. The number of allylic oxidation sites excluding steroid dienone is 12. The van der Waals surface area contributed by atoms with Gasteiger partial charge in [-0.2, -0.15) is 0 Å². The van der Waals surface area contributed by atoms with Crippen LogP contribution in [0.4, 0.5) is 0 Å². The number of hydrogen-bond acceptors (Lipinski definition) is 15. The van der Waals surface area contributed by atoms with Gasteiger partial charge >= 0.3 is 39.5 Å². The fourth-order valence-electron chi connectivity index (χ4n) is 11.4. The minimum absolute atomic E-state index is 0.0232. The van der Waals surface area contributed by atoms with Gasteiger partial charge in [-0.1, -0.05) is 325 Å². The maximum absolute atomic E-state index is 13.1. The third-order valence-electron chi connectivity index (χ3n) is 17.7. The number of aliphatic hydroxyl groups excluding tert-OH is 1. The Labute approximate surface area is 622 Å². The SMILES string of the molecule is CCCCC/C=C\C/C=C\C/C=C\C/C=C\CCCC(=O)O[C@H](COC(=O)CCCCCCCCCCCCCCC)COP(=O)(O)OC[C@@H](O)COP(=O)(O)OC[C@@H](COC(=O)CCCCCCC/C=C\C/C=C\CCCCC)OC(=O)CCCCCCCCCCCCCCCCCCC. The summed E-state index contributed by atoms with van der Waals surface area (Å²) < 4.78 is 68.6. The number of hydrogen-bond donors (Lipinski definition) is 3. The van der Waals surface area contributed by atoms with E-state index in [0.717, 1.165) is 116 Å². The summed E-state index contributed by atoms with van der Waals surface area (Å²) in [6, 6.07) is 0. The summed E-state index contributed by atoms with van der Waals surface area (Å²) in [6.45, 7) is 4.82. The van der Waals surface area contributed by atoms with Gasteiger partial charge < -0.3 is 33.8 Å². The number of carbonyl (C=O) groups excluding carboxylic acids is 4. The Bertz CT molecular complexity index is 2210. The van der Waals surface area contributed by atoms with Gasteiger partial charge in [0.05, 0.1) is 26.4 Å². The van der Waals surface area contributed by atoms with Crippen LogP contribution in [0.3, 0.4) is 0 Å². The van der Waals surface area contributed by atoms with Crippen LogP contribution in [0.15, 0.2) is 72.9 Å². The number of aliphatic hydroxyl groups is 1. The van der Waals surface area contributed by atoms with E-state index in [4.69, 9.17) is 37.0 Å². The first-order chi connectivity index (χ1) is 49.7. The van der Waals surface area contributed by atoms with Crippen molar-refractivity contribution in [2.45, 2.75) is 393 Å². The average molecular weight is 1480 g/mol. The molecule has 5 atom stereocenters. The van der Waals surface area contributed by atoms with E-state index in [0.29, 0.717) is 32.1 Å². The second-order valence-corrected chi connectivity index (χ2v) is 30.6. The van der Waals surface area contributed by atoms with Gasteiger partial charge in [0.2, 0.25) is 0 Å². The lowest BCUT2D eigenvalue weighted by Gasteiger charge is -2.21. The lowest BCUT2D eigenvalue weighted by molar-refractivity contribution is -0.161. The summed E-state index contributed by atoms with van der Waals surface area (Å²) in [5.74, 6) is -2.22. The first-order valence-corrected chi connectivity index (χ1v) is 44.2. The van der Waals surface area contributed by atoms with E-state index in [1.54, 1.807) is 0 Å². The molecule has 0 aliphatic carbocycles. The molecule has 0 aliphatic rings. The van der Waals surface area contributed by atoms with Gasteiger partial charge in [-0.3, -0.25) is 37.3 Å². The topological polar surface area (TPSA) is 237 Å². The van der Waals surface area contributed by atoms with E-state index >= 15 is 0 Å². The first-order valence-electron chi connectivity index (χ1n) is 41.2. The fraction of sp³-hybridized carbons (Fsp3) is 0.807. The second kappa shape index (κ2) is 75.7. The van der Waals surface area contributed by atoms with Crippen LogP contribution >= 0.6 is 15.6 Å². The molecule has 0 radical (unpaired) electrons. The van der Waals surface area contributed by atoms with Crippen LogP contribution < -0.4 is 0 Å². The van der Waals surface area contributed by atoms with Gasteiger partial charge in [0.25, 0.3) is 0 Å². The van der Waals surface area contributed by atoms with E-state index in [-0.39, 0.29) is 25.7 Å². The third kappa shape index (κ3) is 74.8. The molecule has 0 aromatic carbocycles. The molecule has 0 heterocycles. The summed E-state index contributed by atoms with van der Waals surface area (Å²) >= 11 is 0. The molecule has 2 unspecified atom stereocenters. The van der Waals surface area contributed by atoms with Gasteiger partial charge in [-0.25, -0.2) is 9.13 Å². The average Bonchev–Trinajstić information content (AvgIpc) is 1.01. The Balaban J connectivity index is 5.38. The standard InChI is InChI=1S/C83H150O17P2/c1-5-9-13-17-21-25-29-33-36-38-41-45-49-53-57-61-65-69-82(87)99-78(73-93-80(85)67-63-59-55-51-47-43-32-28-24-20-16-12-8-4)75-97-101(89,90)95-71-77(84)72-96-102(91,92)98-76-79(74-94-81(86)68-64-60-56-52-48-44-40-35-31-27-23-19-15-11-7-3)100-83(88)70-66-62-58-54-50-46-42-39-37-34-30-26-22-18-14-10-6-2/h21,23,25,27,33,35-36,40-41,45,53,57,77-79,84H,5-20,22,24,26,28-32,34,37-39,42-44,46-52,54-56,58-76H2,1-4H3,(H,89,90)(H,91,92)/b25-21-,27-23-,36-33-,40-35-,45-41-,57-53-/t77-,78-,79-/m1/s1. The third-order valence-corrected chi connectivity index (χ3v) is 19.6. The highest BCUT2D eigenvalue weighted by atomic mass is 31.2. The molecule has 0 saturated heterocycles. The van der Waals surface area contributed by atoms with Crippen molar-refractivity contribution >= 4 is 39.5 Å². The van der Waals surface area contributed by atoms with Crippen LogP contribution in [0.2, 0.25) is 0 Å². The lowest BCUT2D eigenvalue weighted by atomic mass is 10.0. The van der Waals surface area contributed by atoms with Gasteiger partial charge in [0.15, 0.2) is 12.2 Å². The molecule has 0 amide bonds. The number of ether oxygens (including phenoxy) is 4. The minimum atomic E-state index is -4.99. The van der Waals surface area contributed by atoms with E-state index in [1.165, 1.54) is 173 Å². The Morgan fingerprint density at radius 3 is 0.794 bits per heavy atom. The van der Waals surface area contributed by atoms with E-state index < -0.39 is 97.5 Å². The van der Waals surface area contributed by atoms with Gasteiger partial charge in [-0.05, 0) is 96.3 Å². The molecule has 3 N–H and O–H groups in total. The van der Waals surface area contributed by atoms with E-state index in [1.807, 2.05) is 12.2 Å². The maximum atomic E-state index is 13.1.